The first-order chi connectivity index (χ1) is 16.0. The van der Waals surface area contributed by atoms with Gasteiger partial charge in [-0.15, -0.1) is 0 Å². The summed E-state index contributed by atoms with van der Waals surface area (Å²) in [5.74, 6) is 0.568. The lowest BCUT2D eigenvalue weighted by atomic mass is 9.86. The van der Waals surface area contributed by atoms with Crippen LogP contribution in [0.5, 0.6) is 0 Å². The number of hydrogen-bond donors (Lipinski definition) is 3. The van der Waals surface area contributed by atoms with Crippen molar-refractivity contribution < 1.29 is 9.90 Å². The van der Waals surface area contributed by atoms with Crippen molar-refractivity contribution >= 4 is 28.3 Å². The van der Waals surface area contributed by atoms with Crippen LogP contribution in [0.1, 0.15) is 46.1 Å². The second kappa shape index (κ2) is 8.60. The molecule has 1 amide bonds. The molecule has 0 saturated carbocycles. The van der Waals surface area contributed by atoms with E-state index in [2.05, 4.69) is 25.6 Å². The van der Waals surface area contributed by atoms with Crippen molar-refractivity contribution in [2.45, 2.75) is 32.3 Å². The van der Waals surface area contributed by atoms with Gasteiger partial charge in [0.1, 0.15) is 5.82 Å². The average Bonchev–Trinajstić information content (AvgIpc) is 2.84. The molecule has 3 N–H and O–H groups in total. The zero-order valence-electron chi connectivity index (χ0n) is 18.6. The molecule has 33 heavy (non-hydrogen) atoms. The predicted octanol–water partition coefficient (Wildman–Crippen LogP) is 4.66. The van der Waals surface area contributed by atoms with Gasteiger partial charge in [-0.3, -0.25) is 14.8 Å². The Hall–Kier alpha value is -3.84. The number of aryl methyl sites for hydroxylation is 1. The number of nitrogens with one attached hydrogen (secondary N) is 2. The number of fused-ring (bicyclic) bond motifs is 2. The molecule has 0 spiro atoms. The van der Waals surface area contributed by atoms with E-state index in [1.54, 1.807) is 12.4 Å². The van der Waals surface area contributed by atoms with Crippen molar-refractivity contribution in [1.82, 2.24) is 15.0 Å². The van der Waals surface area contributed by atoms with Gasteiger partial charge >= 0.3 is 0 Å². The van der Waals surface area contributed by atoms with E-state index in [0.29, 0.717) is 11.3 Å². The van der Waals surface area contributed by atoms with Crippen molar-refractivity contribution in [3.05, 3.63) is 77.4 Å². The third kappa shape index (κ3) is 4.03. The third-order valence-corrected chi connectivity index (χ3v) is 6.20. The maximum Gasteiger partial charge on any atom is 0.255 e. The standard InChI is InChI=1S/C26H25N5O2/c1-15-22(16-9-17-13-30-25(27-2)11-23(17)29-12-16)10-18(14-28-15)31-26(33)21-7-3-6-20-19(21)5-4-8-24(20)32/h3,6-7,9-14,24,32H,4-5,8H2,1-2H3,(H,27,30)(H,31,33)/t24-/m1/s1. The number of nitrogens with zero attached hydrogens (tertiary/aromatic N) is 3. The molecule has 166 valence electrons. The molecule has 7 nitrogen and oxygen atoms in total. The number of aromatic nitrogens is 3. The topological polar surface area (TPSA) is 100 Å². The van der Waals surface area contributed by atoms with Crippen molar-refractivity contribution in [3.8, 4) is 11.1 Å². The molecule has 3 aromatic heterocycles. The van der Waals surface area contributed by atoms with Crippen molar-refractivity contribution in [3.63, 3.8) is 0 Å². The highest BCUT2D eigenvalue weighted by molar-refractivity contribution is 6.05. The van der Waals surface area contributed by atoms with E-state index in [0.717, 1.165) is 63.9 Å². The minimum atomic E-state index is -0.506. The number of aliphatic hydroxyl groups excluding tert-OH is 1. The lowest BCUT2D eigenvalue weighted by molar-refractivity contribution is 0.102. The summed E-state index contributed by atoms with van der Waals surface area (Å²) in [6.45, 7) is 1.93. The van der Waals surface area contributed by atoms with Gasteiger partial charge in [-0.1, -0.05) is 12.1 Å². The van der Waals surface area contributed by atoms with Crippen molar-refractivity contribution in [1.29, 1.82) is 0 Å². The maximum absolute atomic E-state index is 13.1. The summed E-state index contributed by atoms with van der Waals surface area (Å²) in [7, 11) is 1.82. The summed E-state index contributed by atoms with van der Waals surface area (Å²) in [6, 6.07) is 11.4. The van der Waals surface area contributed by atoms with Crippen LogP contribution in [0.25, 0.3) is 22.0 Å². The SMILES string of the molecule is CNc1cc2ncc(-c3cc(NC(=O)c4cccc5c4CCC[C@H]5O)cnc3C)cc2cn1. The lowest BCUT2D eigenvalue weighted by Crippen LogP contribution is -2.19. The first-order valence-corrected chi connectivity index (χ1v) is 11.1. The molecule has 1 aliphatic carbocycles. The van der Waals surface area contributed by atoms with E-state index in [-0.39, 0.29) is 5.91 Å². The number of pyridine rings is 3. The predicted molar refractivity (Wildman–Crippen MR) is 129 cm³/mol. The molecule has 7 heteroatoms. The van der Waals surface area contributed by atoms with Gasteiger partial charge in [0.15, 0.2) is 0 Å². The number of benzene rings is 1. The smallest absolute Gasteiger partial charge is 0.255 e. The van der Waals surface area contributed by atoms with E-state index < -0.39 is 6.10 Å². The first kappa shape index (κ1) is 21.0. The second-order valence-electron chi connectivity index (χ2n) is 8.33. The minimum Gasteiger partial charge on any atom is -0.388 e. The van der Waals surface area contributed by atoms with Crippen LogP contribution < -0.4 is 10.6 Å². The molecule has 0 bridgehead atoms. The molecule has 0 radical (unpaired) electrons. The van der Waals surface area contributed by atoms with Crippen LogP contribution in [-0.4, -0.2) is 33.0 Å². The molecular formula is C26H25N5O2. The molecule has 3 heterocycles. The van der Waals surface area contributed by atoms with Gasteiger partial charge in [0.2, 0.25) is 0 Å². The summed E-state index contributed by atoms with van der Waals surface area (Å²) in [5.41, 5.74) is 6.49. The molecule has 4 aromatic rings. The molecule has 0 saturated heterocycles. The Labute approximate surface area is 191 Å². The summed E-state index contributed by atoms with van der Waals surface area (Å²) in [4.78, 5) is 26.6. The van der Waals surface area contributed by atoms with E-state index >= 15 is 0 Å². The monoisotopic (exact) mass is 439 g/mol. The number of rotatable bonds is 4. The van der Waals surface area contributed by atoms with Gasteiger partial charge in [0.05, 0.1) is 23.5 Å². The van der Waals surface area contributed by atoms with E-state index in [4.69, 9.17) is 0 Å². The molecule has 0 unspecified atom stereocenters. The Morgan fingerprint density at radius 2 is 1.97 bits per heavy atom. The number of aliphatic hydroxyl groups is 1. The fourth-order valence-electron chi connectivity index (χ4n) is 4.43. The molecule has 0 aliphatic heterocycles. The normalized spacial score (nSPS) is 15.2. The van der Waals surface area contributed by atoms with E-state index in [1.165, 1.54) is 0 Å². The quantitative estimate of drug-likeness (QED) is 0.428. The summed E-state index contributed by atoms with van der Waals surface area (Å²) in [6.07, 6.45) is 7.15. The fraction of sp³-hybridized carbons (Fsp3) is 0.231. The highest BCUT2D eigenvalue weighted by Crippen LogP contribution is 2.32. The van der Waals surface area contributed by atoms with Crippen LogP contribution in [-0.2, 0) is 6.42 Å². The van der Waals surface area contributed by atoms with Crippen LogP contribution in [0.2, 0.25) is 0 Å². The van der Waals surface area contributed by atoms with Gasteiger partial charge in [-0.2, -0.15) is 0 Å². The van der Waals surface area contributed by atoms with Crippen LogP contribution in [0.15, 0.2) is 55.0 Å². The molecule has 0 fully saturated rings. The molecule has 5 rings (SSSR count). The Morgan fingerprint density at radius 3 is 2.82 bits per heavy atom. The number of carbonyl (C=O) groups is 1. The second-order valence-corrected chi connectivity index (χ2v) is 8.33. The molecular weight excluding hydrogens is 414 g/mol. The van der Waals surface area contributed by atoms with Crippen LogP contribution >= 0.6 is 0 Å². The van der Waals surface area contributed by atoms with Crippen LogP contribution in [0.3, 0.4) is 0 Å². The number of anilines is 2. The van der Waals surface area contributed by atoms with Crippen molar-refractivity contribution in [2.24, 2.45) is 0 Å². The van der Waals surface area contributed by atoms with Crippen LogP contribution in [0.4, 0.5) is 11.5 Å². The zero-order valence-corrected chi connectivity index (χ0v) is 18.6. The summed E-state index contributed by atoms with van der Waals surface area (Å²) >= 11 is 0. The van der Waals surface area contributed by atoms with Gasteiger partial charge < -0.3 is 15.7 Å². The average molecular weight is 440 g/mol. The maximum atomic E-state index is 13.1. The van der Waals surface area contributed by atoms with E-state index in [1.807, 2.05) is 56.6 Å². The number of carbonyl (C=O) groups excluding carboxylic acids is 1. The van der Waals surface area contributed by atoms with Gasteiger partial charge in [0, 0.05) is 53.3 Å². The Morgan fingerprint density at radius 1 is 1.09 bits per heavy atom. The fourth-order valence-corrected chi connectivity index (χ4v) is 4.43. The van der Waals surface area contributed by atoms with Crippen LogP contribution in [0, 0.1) is 6.92 Å². The molecule has 1 aromatic carbocycles. The Kier molecular flexibility index (Phi) is 5.48. The zero-order chi connectivity index (χ0) is 22.9. The summed E-state index contributed by atoms with van der Waals surface area (Å²) < 4.78 is 0. The first-order valence-electron chi connectivity index (χ1n) is 11.1. The van der Waals surface area contributed by atoms with Gasteiger partial charge in [-0.25, -0.2) is 4.98 Å². The van der Waals surface area contributed by atoms with E-state index in [9.17, 15) is 9.90 Å². The largest absolute Gasteiger partial charge is 0.388 e. The highest BCUT2D eigenvalue weighted by atomic mass is 16.3. The molecule has 1 aliphatic rings. The van der Waals surface area contributed by atoms with Gasteiger partial charge in [-0.05, 0) is 55.5 Å². The Bertz CT molecular complexity index is 1370. The third-order valence-electron chi connectivity index (χ3n) is 6.20. The Balaban J connectivity index is 1.46. The minimum absolute atomic E-state index is 0.196. The van der Waals surface area contributed by atoms with Crippen molar-refractivity contribution in [2.75, 3.05) is 17.7 Å². The summed E-state index contributed by atoms with van der Waals surface area (Å²) in [5, 5.41) is 17.2. The lowest BCUT2D eigenvalue weighted by Gasteiger charge is -2.23. The number of amides is 1. The number of hydrogen-bond acceptors (Lipinski definition) is 6. The highest BCUT2D eigenvalue weighted by Gasteiger charge is 2.23. The molecule has 1 atom stereocenters. The van der Waals surface area contributed by atoms with Gasteiger partial charge in [0.25, 0.3) is 5.91 Å².